The molecule has 9 heteroatoms. The van der Waals surface area contributed by atoms with Crippen LogP contribution in [0, 0.1) is 10.1 Å². The summed E-state index contributed by atoms with van der Waals surface area (Å²) in [5, 5.41) is 12.5. The van der Waals surface area contributed by atoms with E-state index in [0.29, 0.717) is 0 Å². The molecule has 1 aromatic rings. The van der Waals surface area contributed by atoms with Crippen molar-refractivity contribution in [2.75, 3.05) is 0 Å². The van der Waals surface area contributed by atoms with Crippen molar-refractivity contribution >= 4 is 23.6 Å². The number of nitrogens with zero attached hydrogens (tertiary/aromatic N) is 1. The summed E-state index contributed by atoms with van der Waals surface area (Å²) in [5.74, 6) is -1.71. The first-order valence-electron chi connectivity index (χ1n) is 5.83. The highest BCUT2D eigenvalue weighted by Crippen LogP contribution is 2.18. The summed E-state index contributed by atoms with van der Waals surface area (Å²) in [6.45, 7) is 1.25. The summed E-state index contributed by atoms with van der Waals surface area (Å²) < 4.78 is 4.77. The number of esters is 1. The lowest BCUT2D eigenvalue weighted by Gasteiger charge is -2.11. The van der Waals surface area contributed by atoms with E-state index in [-0.39, 0.29) is 17.7 Å². The van der Waals surface area contributed by atoms with Crippen LogP contribution >= 0.6 is 0 Å². The molecule has 3 N–H and O–H groups in total. The number of nitro groups is 1. The normalized spacial score (nSPS) is 11.3. The average Bonchev–Trinajstić information content (AvgIpc) is 2.37. The van der Waals surface area contributed by atoms with Crippen LogP contribution in [-0.4, -0.2) is 28.9 Å². The fraction of sp³-hybridized carbons (Fsp3) is 0.250. The van der Waals surface area contributed by atoms with Crippen LogP contribution in [0.3, 0.4) is 0 Å². The Morgan fingerprint density at radius 2 is 2.00 bits per heavy atom. The Morgan fingerprint density at radius 1 is 1.38 bits per heavy atom. The van der Waals surface area contributed by atoms with Crippen molar-refractivity contribution in [2.24, 2.45) is 5.73 Å². The number of urea groups is 1. The average molecular weight is 295 g/mol. The molecular weight excluding hydrogens is 282 g/mol. The highest BCUT2D eigenvalue weighted by Gasteiger charge is 2.21. The van der Waals surface area contributed by atoms with Crippen molar-refractivity contribution in [3.63, 3.8) is 0 Å². The lowest BCUT2D eigenvalue weighted by Crippen LogP contribution is -2.42. The maximum Gasteiger partial charge on any atom is 0.318 e. The predicted octanol–water partition coefficient (Wildman–Crippen LogP) is 0.264. The third-order valence-corrected chi connectivity index (χ3v) is 2.45. The molecule has 21 heavy (non-hydrogen) atoms. The molecule has 9 nitrogen and oxygen atoms in total. The molecule has 0 saturated carbocycles. The number of hydrogen-bond donors (Lipinski definition) is 2. The maximum atomic E-state index is 11.6. The van der Waals surface area contributed by atoms with Crippen molar-refractivity contribution in [3.05, 3.63) is 39.9 Å². The summed E-state index contributed by atoms with van der Waals surface area (Å²) in [7, 11) is 0. The highest BCUT2D eigenvalue weighted by atomic mass is 16.6. The van der Waals surface area contributed by atoms with Crippen LogP contribution < -0.4 is 11.1 Å². The third-order valence-electron chi connectivity index (χ3n) is 2.45. The van der Waals surface area contributed by atoms with E-state index in [1.54, 1.807) is 11.4 Å². The molecule has 0 spiro atoms. The minimum absolute atomic E-state index is 0.162. The maximum absolute atomic E-state index is 11.6. The van der Waals surface area contributed by atoms with Gasteiger partial charge in [-0.2, -0.15) is 0 Å². The van der Waals surface area contributed by atoms with Crippen LogP contribution in [0.15, 0.2) is 24.3 Å². The molecule has 0 aliphatic rings. The first kappa shape index (κ1) is 16.1. The second-order valence-electron chi connectivity index (χ2n) is 4.05. The monoisotopic (exact) mass is 295 g/mol. The first-order chi connectivity index (χ1) is 9.81. The van der Waals surface area contributed by atoms with E-state index >= 15 is 0 Å². The fourth-order valence-corrected chi connectivity index (χ4v) is 1.51. The Labute approximate surface area is 119 Å². The summed E-state index contributed by atoms with van der Waals surface area (Å²) >= 11 is 0. The smallest absolute Gasteiger partial charge is 0.318 e. The second kappa shape index (κ2) is 6.98. The highest BCUT2D eigenvalue weighted by molar-refractivity contribution is 5.96. The lowest BCUT2D eigenvalue weighted by molar-refractivity contribution is -0.385. The molecule has 1 rings (SSSR count). The number of benzene rings is 1. The molecule has 0 fully saturated rings. The minimum atomic E-state index is -1.24. The Balaban J connectivity index is 2.68. The Morgan fingerprint density at radius 3 is 2.57 bits per heavy atom. The van der Waals surface area contributed by atoms with Gasteiger partial charge in [0.05, 0.1) is 11.3 Å². The van der Waals surface area contributed by atoms with Gasteiger partial charge in [0.25, 0.3) is 11.6 Å². The summed E-state index contributed by atoms with van der Waals surface area (Å²) in [4.78, 5) is 43.6. The van der Waals surface area contributed by atoms with Crippen molar-refractivity contribution in [1.82, 2.24) is 5.32 Å². The quantitative estimate of drug-likeness (QED) is 0.453. The summed E-state index contributed by atoms with van der Waals surface area (Å²) in [6, 6.07) is 4.61. The molecule has 0 aromatic heterocycles. The number of amides is 3. The molecule has 1 atom stereocenters. The number of carbonyl (C=O) groups is 3. The van der Waals surface area contributed by atoms with Gasteiger partial charge in [-0.25, -0.2) is 4.79 Å². The molecule has 0 radical (unpaired) electrons. The van der Waals surface area contributed by atoms with Gasteiger partial charge in [-0.15, -0.1) is 0 Å². The number of imide groups is 1. The Hall–Kier alpha value is -2.97. The third kappa shape index (κ3) is 4.90. The van der Waals surface area contributed by atoms with E-state index in [1.165, 1.54) is 25.1 Å². The van der Waals surface area contributed by atoms with Crippen LogP contribution in [0.1, 0.15) is 12.5 Å². The molecule has 112 valence electrons. The van der Waals surface area contributed by atoms with E-state index in [2.05, 4.69) is 0 Å². The van der Waals surface area contributed by atoms with Crippen LogP contribution in [0.25, 0.3) is 0 Å². The van der Waals surface area contributed by atoms with Crippen molar-refractivity contribution < 1.29 is 24.0 Å². The molecule has 3 amide bonds. The van der Waals surface area contributed by atoms with Crippen LogP contribution in [0.2, 0.25) is 0 Å². The number of nitrogens with one attached hydrogen (secondary N) is 1. The number of carbonyl (C=O) groups excluding carboxylic acids is 3. The first-order valence-corrected chi connectivity index (χ1v) is 5.83. The number of ether oxygens (including phenoxy) is 1. The molecule has 1 aromatic carbocycles. The van der Waals surface area contributed by atoms with Gasteiger partial charge in [-0.1, -0.05) is 18.2 Å². The van der Waals surface area contributed by atoms with E-state index in [4.69, 9.17) is 10.5 Å². The van der Waals surface area contributed by atoms with E-state index in [9.17, 15) is 24.5 Å². The van der Waals surface area contributed by atoms with Gasteiger partial charge in [0.15, 0.2) is 6.10 Å². The lowest BCUT2D eigenvalue weighted by atomic mass is 10.1. The van der Waals surface area contributed by atoms with E-state index in [1.807, 2.05) is 0 Å². The zero-order chi connectivity index (χ0) is 16.0. The van der Waals surface area contributed by atoms with Crippen LogP contribution in [-0.2, 0) is 20.7 Å². The number of para-hydroxylation sites is 1. The SMILES string of the molecule is C[C@H](OC(=O)Cc1ccccc1[N+](=O)[O-])C(=O)NC(N)=O. The molecule has 0 aliphatic carbocycles. The standard InChI is InChI=1S/C12H13N3O6/c1-7(11(17)14-12(13)18)21-10(16)6-8-4-2-3-5-9(8)15(19)20/h2-5,7H,6H2,1H3,(H3,13,14,17,18)/t7-/m0/s1. The van der Waals surface area contributed by atoms with Gasteiger partial charge < -0.3 is 10.5 Å². The molecule has 0 heterocycles. The van der Waals surface area contributed by atoms with Gasteiger partial charge in [0.1, 0.15) is 0 Å². The Kier molecular flexibility index (Phi) is 5.35. The van der Waals surface area contributed by atoms with Crippen molar-refractivity contribution in [3.8, 4) is 0 Å². The van der Waals surface area contributed by atoms with Crippen molar-refractivity contribution in [1.29, 1.82) is 0 Å². The molecular formula is C12H13N3O6. The molecule has 0 saturated heterocycles. The molecule has 0 unspecified atom stereocenters. The minimum Gasteiger partial charge on any atom is -0.452 e. The molecule has 0 aliphatic heterocycles. The Bertz CT molecular complexity index is 586. The van der Waals surface area contributed by atoms with E-state index in [0.717, 1.165) is 0 Å². The number of primary amides is 1. The second-order valence-corrected chi connectivity index (χ2v) is 4.05. The van der Waals surface area contributed by atoms with Gasteiger partial charge in [0.2, 0.25) is 0 Å². The summed E-state index contributed by atoms with van der Waals surface area (Å²) in [6.07, 6.45) is -1.61. The number of rotatable bonds is 5. The fourth-order valence-electron chi connectivity index (χ4n) is 1.51. The van der Waals surface area contributed by atoms with Gasteiger partial charge in [0, 0.05) is 11.6 Å². The topological polar surface area (TPSA) is 142 Å². The molecule has 0 bridgehead atoms. The zero-order valence-electron chi connectivity index (χ0n) is 11.1. The van der Waals surface area contributed by atoms with Crippen molar-refractivity contribution in [2.45, 2.75) is 19.4 Å². The number of nitrogens with two attached hydrogens (primary N) is 1. The van der Waals surface area contributed by atoms with Gasteiger partial charge >= 0.3 is 12.0 Å². The largest absolute Gasteiger partial charge is 0.452 e. The zero-order valence-corrected chi connectivity index (χ0v) is 11.1. The van der Waals surface area contributed by atoms with Gasteiger partial charge in [-0.3, -0.25) is 25.0 Å². The van der Waals surface area contributed by atoms with Crippen LogP contribution in [0.5, 0.6) is 0 Å². The number of nitro benzene ring substituents is 1. The van der Waals surface area contributed by atoms with Crippen LogP contribution in [0.4, 0.5) is 10.5 Å². The predicted molar refractivity (Wildman–Crippen MR) is 70.1 cm³/mol. The van der Waals surface area contributed by atoms with E-state index < -0.39 is 28.9 Å². The van der Waals surface area contributed by atoms with Gasteiger partial charge in [-0.05, 0) is 6.92 Å². The number of hydrogen-bond acceptors (Lipinski definition) is 6. The summed E-state index contributed by atoms with van der Waals surface area (Å²) in [5.41, 5.74) is 4.70.